The van der Waals surface area contributed by atoms with Crippen LogP contribution < -0.4 is 5.32 Å². The van der Waals surface area contributed by atoms with Crippen LogP contribution in [0.15, 0.2) is 0 Å². The summed E-state index contributed by atoms with van der Waals surface area (Å²) in [5, 5.41) is 3.11. The molecule has 1 aliphatic rings. The molecule has 0 spiro atoms. The van der Waals surface area contributed by atoms with E-state index in [-0.39, 0.29) is 24.9 Å². The SMILES string of the molecule is Cl.FC(F)CC#CC1CCCN1. The maximum Gasteiger partial charge on any atom is 0.249 e. The van der Waals surface area contributed by atoms with Crippen LogP contribution in [0.5, 0.6) is 0 Å². The third kappa shape index (κ3) is 4.53. The molecular weight excluding hydrogens is 184 g/mol. The van der Waals surface area contributed by atoms with Crippen LogP contribution >= 0.6 is 12.4 Å². The first kappa shape index (κ1) is 11.7. The van der Waals surface area contributed by atoms with Crippen molar-refractivity contribution in [3.8, 4) is 11.8 Å². The van der Waals surface area contributed by atoms with Gasteiger partial charge in [-0.25, -0.2) is 8.78 Å². The molecule has 0 amide bonds. The van der Waals surface area contributed by atoms with Gasteiger partial charge >= 0.3 is 0 Å². The highest BCUT2D eigenvalue weighted by molar-refractivity contribution is 5.85. The lowest BCUT2D eigenvalue weighted by Gasteiger charge is -1.97. The predicted molar refractivity (Wildman–Crippen MR) is 46.7 cm³/mol. The zero-order chi connectivity index (χ0) is 8.10. The summed E-state index contributed by atoms with van der Waals surface area (Å²) in [4.78, 5) is 0. The second-order valence-corrected chi connectivity index (χ2v) is 2.57. The lowest BCUT2D eigenvalue weighted by Crippen LogP contribution is -2.18. The van der Waals surface area contributed by atoms with Gasteiger partial charge in [0.2, 0.25) is 6.43 Å². The van der Waals surface area contributed by atoms with Gasteiger partial charge in [0.15, 0.2) is 0 Å². The second-order valence-electron chi connectivity index (χ2n) is 2.57. The number of alkyl halides is 2. The molecule has 0 bridgehead atoms. The van der Waals surface area contributed by atoms with Crippen LogP contribution in [0.3, 0.4) is 0 Å². The molecule has 1 unspecified atom stereocenters. The molecule has 1 heterocycles. The standard InChI is InChI=1S/C8H11F2N.ClH/c9-8(10)5-1-3-7-4-2-6-11-7;/h7-8,11H,2,4-6H2;1H. The molecule has 0 radical (unpaired) electrons. The van der Waals surface area contributed by atoms with Crippen LogP contribution in [0.4, 0.5) is 8.78 Å². The van der Waals surface area contributed by atoms with Crippen LogP contribution in [0.25, 0.3) is 0 Å². The van der Waals surface area contributed by atoms with Crippen molar-refractivity contribution in [3.05, 3.63) is 0 Å². The summed E-state index contributed by atoms with van der Waals surface area (Å²) in [5.41, 5.74) is 0. The minimum atomic E-state index is -2.29. The Hall–Kier alpha value is -0.330. The molecule has 0 aliphatic carbocycles. The Labute approximate surface area is 77.3 Å². The molecule has 0 aromatic carbocycles. The van der Waals surface area contributed by atoms with Crippen LogP contribution in [0.1, 0.15) is 19.3 Å². The van der Waals surface area contributed by atoms with E-state index >= 15 is 0 Å². The van der Waals surface area contributed by atoms with Gasteiger partial charge in [-0.05, 0) is 19.4 Å². The molecule has 1 fully saturated rings. The van der Waals surface area contributed by atoms with Gasteiger partial charge in [0.25, 0.3) is 0 Å². The van der Waals surface area contributed by atoms with Gasteiger partial charge in [-0.15, -0.1) is 12.4 Å². The summed E-state index contributed by atoms with van der Waals surface area (Å²) in [6.07, 6.45) is -0.480. The molecule has 1 saturated heterocycles. The van der Waals surface area contributed by atoms with Crippen LogP contribution in [0, 0.1) is 11.8 Å². The third-order valence-corrected chi connectivity index (χ3v) is 1.59. The highest BCUT2D eigenvalue weighted by Crippen LogP contribution is 2.03. The van der Waals surface area contributed by atoms with E-state index in [0.717, 1.165) is 19.4 Å². The van der Waals surface area contributed by atoms with Crippen LogP contribution in [0.2, 0.25) is 0 Å². The van der Waals surface area contributed by atoms with E-state index in [9.17, 15) is 8.78 Å². The molecule has 0 saturated carbocycles. The molecule has 1 atom stereocenters. The highest BCUT2D eigenvalue weighted by Gasteiger charge is 2.09. The molecule has 1 rings (SSSR count). The first-order chi connectivity index (χ1) is 5.29. The summed E-state index contributed by atoms with van der Waals surface area (Å²) in [6.45, 7) is 0.966. The van der Waals surface area contributed by atoms with Gasteiger partial charge in [0.1, 0.15) is 0 Å². The molecule has 0 aromatic heterocycles. The zero-order valence-electron chi connectivity index (χ0n) is 6.65. The molecule has 1 N–H and O–H groups in total. The molecular formula is C8H12ClF2N. The topological polar surface area (TPSA) is 12.0 Å². The molecule has 12 heavy (non-hydrogen) atoms. The lowest BCUT2D eigenvalue weighted by molar-refractivity contribution is 0.155. The first-order valence-corrected chi connectivity index (χ1v) is 3.79. The number of hydrogen-bond acceptors (Lipinski definition) is 1. The fourth-order valence-electron chi connectivity index (χ4n) is 1.07. The van der Waals surface area contributed by atoms with Crippen molar-refractivity contribution in [1.29, 1.82) is 0 Å². The third-order valence-electron chi connectivity index (χ3n) is 1.59. The van der Waals surface area contributed by atoms with E-state index in [1.54, 1.807) is 0 Å². The Balaban J connectivity index is 0.00000121. The average Bonchev–Trinajstić information content (AvgIpc) is 2.39. The first-order valence-electron chi connectivity index (χ1n) is 3.79. The quantitative estimate of drug-likeness (QED) is 0.630. The van der Waals surface area contributed by atoms with Crippen molar-refractivity contribution >= 4 is 12.4 Å². The number of halogens is 3. The van der Waals surface area contributed by atoms with E-state index in [4.69, 9.17) is 0 Å². The van der Waals surface area contributed by atoms with E-state index < -0.39 is 6.43 Å². The van der Waals surface area contributed by atoms with Gasteiger partial charge in [-0.2, -0.15) is 0 Å². The Kier molecular flexibility index (Phi) is 6.04. The minimum absolute atomic E-state index is 0. The van der Waals surface area contributed by atoms with E-state index in [0.29, 0.717) is 0 Å². The maximum atomic E-state index is 11.6. The van der Waals surface area contributed by atoms with Gasteiger partial charge in [-0.3, -0.25) is 0 Å². The summed E-state index contributed by atoms with van der Waals surface area (Å²) in [6, 6.07) is 0.161. The summed E-state index contributed by atoms with van der Waals surface area (Å²) in [7, 11) is 0. The largest absolute Gasteiger partial charge is 0.304 e. The zero-order valence-corrected chi connectivity index (χ0v) is 7.46. The van der Waals surface area contributed by atoms with E-state index in [2.05, 4.69) is 17.2 Å². The molecule has 1 nitrogen and oxygen atoms in total. The van der Waals surface area contributed by atoms with Crippen molar-refractivity contribution < 1.29 is 8.78 Å². The lowest BCUT2D eigenvalue weighted by atomic mass is 10.2. The van der Waals surface area contributed by atoms with Crippen LogP contribution in [-0.2, 0) is 0 Å². The Morgan fingerprint density at radius 1 is 1.50 bits per heavy atom. The maximum absolute atomic E-state index is 11.6. The van der Waals surface area contributed by atoms with Crippen molar-refractivity contribution in [2.75, 3.05) is 6.54 Å². The number of hydrogen-bond donors (Lipinski definition) is 1. The number of nitrogens with one attached hydrogen (secondary N) is 1. The minimum Gasteiger partial charge on any atom is -0.304 e. The predicted octanol–water partition coefficient (Wildman–Crippen LogP) is 1.82. The molecule has 4 heteroatoms. The normalized spacial score (nSPS) is 21.4. The smallest absolute Gasteiger partial charge is 0.249 e. The Bertz CT molecular complexity index is 168. The van der Waals surface area contributed by atoms with E-state index in [1.807, 2.05) is 0 Å². The fraction of sp³-hybridized carbons (Fsp3) is 0.750. The monoisotopic (exact) mass is 195 g/mol. The second kappa shape index (κ2) is 6.22. The summed E-state index contributed by atoms with van der Waals surface area (Å²) < 4.78 is 23.2. The van der Waals surface area contributed by atoms with Gasteiger partial charge in [0, 0.05) is 0 Å². The van der Waals surface area contributed by atoms with Crippen LogP contribution in [-0.4, -0.2) is 19.0 Å². The summed E-state index contributed by atoms with van der Waals surface area (Å²) >= 11 is 0. The van der Waals surface area contributed by atoms with Crippen molar-refractivity contribution in [2.45, 2.75) is 31.7 Å². The van der Waals surface area contributed by atoms with Crippen molar-refractivity contribution in [2.24, 2.45) is 0 Å². The molecule has 1 aliphatic heterocycles. The average molecular weight is 196 g/mol. The number of rotatable bonds is 1. The molecule has 70 valence electrons. The van der Waals surface area contributed by atoms with E-state index in [1.165, 1.54) is 0 Å². The summed E-state index contributed by atoms with van der Waals surface area (Å²) in [5.74, 6) is 5.24. The Morgan fingerprint density at radius 3 is 2.75 bits per heavy atom. The Morgan fingerprint density at radius 2 is 2.25 bits per heavy atom. The fourth-order valence-corrected chi connectivity index (χ4v) is 1.07. The van der Waals surface area contributed by atoms with Gasteiger partial charge in [0.05, 0.1) is 12.5 Å². The van der Waals surface area contributed by atoms with Gasteiger partial charge in [-0.1, -0.05) is 11.8 Å². The van der Waals surface area contributed by atoms with Gasteiger partial charge < -0.3 is 5.32 Å². The van der Waals surface area contributed by atoms with Crippen molar-refractivity contribution in [3.63, 3.8) is 0 Å². The highest BCUT2D eigenvalue weighted by atomic mass is 35.5. The van der Waals surface area contributed by atoms with Crippen molar-refractivity contribution in [1.82, 2.24) is 5.32 Å². The molecule has 0 aromatic rings.